The SMILES string of the molecule is CCC(N)CC(=O)NC(C)C(=O)N(C)CC. The van der Waals surface area contributed by atoms with Crippen LogP contribution in [0.2, 0.25) is 0 Å². The molecule has 0 bridgehead atoms. The van der Waals surface area contributed by atoms with Crippen LogP contribution in [0.25, 0.3) is 0 Å². The summed E-state index contributed by atoms with van der Waals surface area (Å²) in [5, 5.41) is 2.65. The Labute approximate surface area is 97.4 Å². The average Bonchev–Trinajstić information content (AvgIpc) is 2.26. The van der Waals surface area contributed by atoms with Gasteiger partial charge in [0.05, 0.1) is 0 Å². The van der Waals surface area contributed by atoms with Crippen molar-refractivity contribution in [2.24, 2.45) is 5.73 Å². The van der Waals surface area contributed by atoms with Crippen LogP contribution in [0.15, 0.2) is 0 Å². The fourth-order valence-electron chi connectivity index (χ4n) is 1.23. The molecule has 0 aliphatic carbocycles. The number of hydrogen-bond donors (Lipinski definition) is 2. The topological polar surface area (TPSA) is 75.4 Å². The molecular weight excluding hydrogens is 206 g/mol. The molecule has 0 aromatic carbocycles. The number of likely N-dealkylation sites (N-methyl/N-ethyl adjacent to an activating group) is 1. The molecule has 0 saturated carbocycles. The van der Waals surface area contributed by atoms with Crippen LogP contribution < -0.4 is 11.1 Å². The van der Waals surface area contributed by atoms with Crippen LogP contribution >= 0.6 is 0 Å². The minimum atomic E-state index is -0.485. The van der Waals surface area contributed by atoms with E-state index in [1.807, 2.05) is 13.8 Å². The Morgan fingerprint density at radius 3 is 2.38 bits per heavy atom. The summed E-state index contributed by atoms with van der Waals surface area (Å²) >= 11 is 0. The van der Waals surface area contributed by atoms with Gasteiger partial charge in [-0.3, -0.25) is 9.59 Å². The van der Waals surface area contributed by atoms with Crippen LogP contribution in [0.1, 0.15) is 33.6 Å². The Balaban J connectivity index is 4.09. The summed E-state index contributed by atoms with van der Waals surface area (Å²) in [6.07, 6.45) is 1.02. The first-order chi connectivity index (χ1) is 7.42. The highest BCUT2D eigenvalue weighted by Crippen LogP contribution is 1.96. The van der Waals surface area contributed by atoms with E-state index in [1.54, 1.807) is 18.9 Å². The number of carbonyl (C=O) groups is 2. The van der Waals surface area contributed by atoms with Crippen molar-refractivity contribution in [2.45, 2.75) is 45.7 Å². The van der Waals surface area contributed by atoms with Gasteiger partial charge in [-0.25, -0.2) is 0 Å². The Morgan fingerprint density at radius 1 is 1.38 bits per heavy atom. The number of nitrogens with two attached hydrogens (primary N) is 1. The molecule has 0 fully saturated rings. The molecule has 0 saturated heterocycles. The predicted molar refractivity (Wildman–Crippen MR) is 63.8 cm³/mol. The summed E-state index contributed by atoms with van der Waals surface area (Å²) in [5.74, 6) is -0.249. The van der Waals surface area contributed by atoms with Gasteiger partial charge in [0.1, 0.15) is 6.04 Å². The summed E-state index contributed by atoms with van der Waals surface area (Å²) in [5.41, 5.74) is 5.66. The lowest BCUT2D eigenvalue weighted by Gasteiger charge is -2.21. The third-order valence-corrected chi connectivity index (χ3v) is 2.57. The molecule has 0 spiro atoms. The lowest BCUT2D eigenvalue weighted by Crippen LogP contribution is -2.46. The van der Waals surface area contributed by atoms with Crippen molar-refractivity contribution in [3.63, 3.8) is 0 Å². The van der Waals surface area contributed by atoms with Gasteiger partial charge >= 0.3 is 0 Å². The number of nitrogens with zero attached hydrogens (tertiary/aromatic N) is 1. The maximum Gasteiger partial charge on any atom is 0.244 e. The summed E-state index contributed by atoms with van der Waals surface area (Å²) in [6.45, 7) is 6.13. The summed E-state index contributed by atoms with van der Waals surface area (Å²) in [7, 11) is 1.71. The predicted octanol–water partition coefficient (Wildman–Crippen LogP) is 0.0968. The maximum absolute atomic E-state index is 11.6. The van der Waals surface area contributed by atoms with Crippen LogP contribution in [0.3, 0.4) is 0 Å². The summed E-state index contributed by atoms with van der Waals surface area (Å²) in [4.78, 5) is 24.7. The van der Waals surface area contributed by atoms with Crippen molar-refractivity contribution < 1.29 is 9.59 Å². The van der Waals surface area contributed by atoms with Gasteiger partial charge in [-0.2, -0.15) is 0 Å². The van der Waals surface area contributed by atoms with Crippen molar-refractivity contribution in [2.75, 3.05) is 13.6 Å². The Hall–Kier alpha value is -1.10. The van der Waals surface area contributed by atoms with Gasteiger partial charge in [-0.1, -0.05) is 6.92 Å². The van der Waals surface area contributed by atoms with Gasteiger partial charge in [0.15, 0.2) is 0 Å². The van der Waals surface area contributed by atoms with Crippen LogP contribution in [-0.4, -0.2) is 42.4 Å². The number of carbonyl (C=O) groups excluding carboxylic acids is 2. The number of nitrogens with one attached hydrogen (secondary N) is 1. The van der Waals surface area contributed by atoms with Crippen molar-refractivity contribution in [1.29, 1.82) is 0 Å². The first-order valence-corrected chi connectivity index (χ1v) is 5.72. The van der Waals surface area contributed by atoms with E-state index in [9.17, 15) is 9.59 Å². The third kappa shape index (κ3) is 5.11. The normalized spacial score (nSPS) is 14.1. The monoisotopic (exact) mass is 229 g/mol. The molecule has 0 radical (unpaired) electrons. The Bertz CT molecular complexity index is 243. The lowest BCUT2D eigenvalue weighted by atomic mass is 10.1. The molecule has 0 aliphatic rings. The van der Waals surface area contributed by atoms with Gasteiger partial charge in [-0.15, -0.1) is 0 Å². The number of hydrogen-bond acceptors (Lipinski definition) is 3. The van der Waals surface area contributed by atoms with E-state index >= 15 is 0 Å². The Morgan fingerprint density at radius 2 is 1.94 bits per heavy atom. The molecule has 5 heteroatoms. The van der Waals surface area contributed by atoms with E-state index in [-0.39, 0.29) is 24.3 Å². The van der Waals surface area contributed by atoms with Crippen LogP contribution in [0.5, 0.6) is 0 Å². The number of amides is 2. The highest BCUT2D eigenvalue weighted by molar-refractivity contribution is 5.87. The third-order valence-electron chi connectivity index (χ3n) is 2.57. The molecular formula is C11H23N3O2. The number of rotatable bonds is 6. The molecule has 0 aromatic heterocycles. The van der Waals surface area contributed by atoms with Gasteiger partial charge in [-0.05, 0) is 20.3 Å². The smallest absolute Gasteiger partial charge is 0.244 e. The molecule has 0 aromatic rings. The molecule has 16 heavy (non-hydrogen) atoms. The zero-order valence-corrected chi connectivity index (χ0v) is 10.6. The zero-order valence-electron chi connectivity index (χ0n) is 10.6. The molecule has 94 valence electrons. The second-order valence-electron chi connectivity index (χ2n) is 4.01. The quantitative estimate of drug-likeness (QED) is 0.678. The van der Waals surface area contributed by atoms with Gasteiger partial charge in [0.25, 0.3) is 0 Å². The van der Waals surface area contributed by atoms with Crippen molar-refractivity contribution in [3.8, 4) is 0 Å². The molecule has 2 amide bonds. The van der Waals surface area contributed by atoms with Gasteiger partial charge in [0.2, 0.25) is 11.8 Å². The van der Waals surface area contributed by atoms with Crippen molar-refractivity contribution >= 4 is 11.8 Å². The first kappa shape index (κ1) is 14.9. The van der Waals surface area contributed by atoms with Crippen LogP contribution in [0.4, 0.5) is 0 Å². The standard InChI is InChI=1S/C11H23N3O2/c1-5-9(12)7-10(15)13-8(3)11(16)14(4)6-2/h8-9H,5-7,12H2,1-4H3,(H,13,15). The van der Waals surface area contributed by atoms with E-state index in [0.717, 1.165) is 6.42 Å². The first-order valence-electron chi connectivity index (χ1n) is 5.72. The van der Waals surface area contributed by atoms with E-state index in [0.29, 0.717) is 6.54 Å². The molecule has 0 aliphatic heterocycles. The maximum atomic E-state index is 11.6. The molecule has 2 atom stereocenters. The molecule has 0 rings (SSSR count). The van der Waals surface area contributed by atoms with E-state index < -0.39 is 6.04 Å². The largest absolute Gasteiger partial charge is 0.345 e. The van der Waals surface area contributed by atoms with Crippen molar-refractivity contribution in [3.05, 3.63) is 0 Å². The molecule has 3 N–H and O–H groups in total. The average molecular weight is 229 g/mol. The zero-order chi connectivity index (χ0) is 12.7. The highest BCUT2D eigenvalue weighted by atomic mass is 16.2. The lowest BCUT2D eigenvalue weighted by molar-refractivity contribution is -0.134. The molecule has 5 nitrogen and oxygen atoms in total. The fraction of sp³-hybridized carbons (Fsp3) is 0.818. The van der Waals surface area contributed by atoms with E-state index in [1.165, 1.54) is 0 Å². The van der Waals surface area contributed by atoms with Crippen LogP contribution in [0, 0.1) is 0 Å². The summed E-state index contributed by atoms with van der Waals surface area (Å²) < 4.78 is 0. The van der Waals surface area contributed by atoms with Crippen LogP contribution in [-0.2, 0) is 9.59 Å². The highest BCUT2D eigenvalue weighted by Gasteiger charge is 2.18. The molecule has 2 unspecified atom stereocenters. The second-order valence-corrected chi connectivity index (χ2v) is 4.01. The minimum absolute atomic E-state index is 0.0825. The molecule has 0 heterocycles. The second kappa shape index (κ2) is 7.22. The van der Waals surface area contributed by atoms with Crippen molar-refractivity contribution in [1.82, 2.24) is 10.2 Å². The van der Waals surface area contributed by atoms with E-state index in [2.05, 4.69) is 5.32 Å². The summed E-state index contributed by atoms with van der Waals surface area (Å²) in [6, 6.07) is -0.618. The minimum Gasteiger partial charge on any atom is -0.345 e. The van der Waals surface area contributed by atoms with Gasteiger partial charge < -0.3 is 16.0 Å². The fourth-order valence-corrected chi connectivity index (χ4v) is 1.23. The Kier molecular flexibility index (Phi) is 6.72. The van der Waals surface area contributed by atoms with Gasteiger partial charge in [0, 0.05) is 26.1 Å². The van der Waals surface area contributed by atoms with E-state index in [4.69, 9.17) is 5.73 Å².